The zero-order chi connectivity index (χ0) is 24.6. The Kier molecular flexibility index (Phi) is 5.18. The summed E-state index contributed by atoms with van der Waals surface area (Å²) in [6, 6.07) is 17.2. The molecule has 6 aromatic rings. The summed E-state index contributed by atoms with van der Waals surface area (Å²) in [6.07, 6.45) is 4.70. The number of nitrogen functional groups attached to an aromatic ring is 1. The summed E-state index contributed by atoms with van der Waals surface area (Å²) in [6.45, 7) is 0.760. The minimum absolute atomic E-state index is 0.159. The van der Waals surface area contributed by atoms with E-state index in [1.165, 1.54) is 23.2 Å². The lowest BCUT2D eigenvalue weighted by molar-refractivity contribution is 0.414. The van der Waals surface area contributed by atoms with Crippen molar-refractivity contribution in [2.45, 2.75) is 13.1 Å². The molecule has 4 heterocycles. The van der Waals surface area contributed by atoms with Crippen molar-refractivity contribution in [1.29, 1.82) is 0 Å². The van der Waals surface area contributed by atoms with Gasteiger partial charge in [0.05, 0.1) is 36.7 Å². The number of H-pyrrole nitrogens is 1. The lowest BCUT2D eigenvalue weighted by Crippen LogP contribution is -2.21. The summed E-state index contributed by atoms with van der Waals surface area (Å²) >= 11 is 0. The number of ether oxygens (including phenoxy) is 1. The third-order valence-electron chi connectivity index (χ3n) is 6.20. The Balaban J connectivity index is 1.57. The second-order valence-electron chi connectivity index (χ2n) is 8.41. The summed E-state index contributed by atoms with van der Waals surface area (Å²) in [5.41, 5.74) is 11.4. The molecule has 10 nitrogen and oxygen atoms in total. The summed E-state index contributed by atoms with van der Waals surface area (Å²) < 4.78 is 8.92. The molecule has 36 heavy (non-hydrogen) atoms. The second kappa shape index (κ2) is 8.66. The van der Waals surface area contributed by atoms with E-state index >= 15 is 0 Å². The topological polar surface area (TPSA) is 130 Å². The standard InChI is InChI=1S/C26H22N8O2/c1-36-18-5-2-16(3-6-18)13-34-22(14-33-15-28-10-9-23(33)35)31-24-25(34)19-7-4-17(20-8-11-29-32-20)12-21(19)30-26(24)27/h2-12,15H,13-14H2,1H3,(H2,27,30)(H,29,32). The van der Waals surface area contributed by atoms with Crippen LogP contribution in [0.25, 0.3) is 33.2 Å². The summed E-state index contributed by atoms with van der Waals surface area (Å²) in [5, 5.41) is 7.94. The quantitative estimate of drug-likeness (QED) is 0.376. The Hall–Kier alpha value is -4.99. The maximum absolute atomic E-state index is 12.4. The van der Waals surface area contributed by atoms with Crippen molar-refractivity contribution in [3.8, 4) is 17.0 Å². The number of methoxy groups -OCH3 is 1. The second-order valence-corrected chi connectivity index (χ2v) is 8.41. The molecular formula is C26H22N8O2. The Bertz CT molecular complexity index is 1750. The molecule has 0 fully saturated rings. The van der Waals surface area contributed by atoms with Gasteiger partial charge in [-0.1, -0.05) is 18.2 Å². The molecule has 0 saturated heterocycles. The zero-order valence-electron chi connectivity index (χ0n) is 19.4. The molecule has 0 atom stereocenters. The number of rotatable bonds is 6. The van der Waals surface area contributed by atoms with E-state index in [9.17, 15) is 4.79 Å². The predicted octanol–water partition coefficient (Wildman–Crippen LogP) is 3.22. The normalized spacial score (nSPS) is 11.4. The number of imidazole rings is 1. The van der Waals surface area contributed by atoms with E-state index in [4.69, 9.17) is 15.5 Å². The Morgan fingerprint density at radius 3 is 2.61 bits per heavy atom. The molecule has 0 amide bonds. The van der Waals surface area contributed by atoms with Crippen molar-refractivity contribution >= 4 is 27.8 Å². The summed E-state index contributed by atoms with van der Waals surface area (Å²) in [5.74, 6) is 1.78. The average Bonchev–Trinajstić information content (AvgIpc) is 3.55. The molecule has 178 valence electrons. The van der Waals surface area contributed by atoms with Crippen LogP contribution in [0.15, 0.2) is 78.1 Å². The first kappa shape index (κ1) is 21.5. The molecule has 0 bridgehead atoms. The maximum Gasteiger partial charge on any atom is 0.253 e. The molecule has 0 aliphatic heterocycles. The molecule has 0 aliphatic rings. The third kappa shape index (κ3) is 3.74. The number of nitrogens with two attached hydrogens (primary N) is 1. The Morgan fingerprint density at radius 2 is 1.86 bits per heavy atom. The molecule has 10 heteroatoms. The monoisotopic (exact) mass is 478 g/mol. The van der Waals surface area contributed by atoms with Crippen molar-refractivity contribution in [3.63, 3.8) is 0 Å². The van der Waals surface area contributed by atoms with Crippen LogP contribution in [0.5, 0.6) is 5.75 Å². The molecule has 4 aromatic heterocycles. The van der Waals surface area contributed by atoms with Gasteiger partial charge in [-0.3, -0.25) is 14.5 Å². The largest absolute Gasteiger partial charge is 0.497 e. The van der Waals surface area contributed by atoms with Crippen LogP contribution in [0.4, 0.5) is 5.82 Å². The molecule has 3 N–H and O–H groups in total. The van der Waals surface area contributed by atoms with Gasteiger partial charge in [-0.25, -0.2) is 15.0 Å². The van der Waals surface area contributed by atoms with Gasteiger partial charge in [-0.05, 0) is 35.9 Å². The van der Waals surface area contributed by atoms with Crippen LogP contribution in [0.3, 0.4) is 0 Å². The minimum atomic E-state index is -0.159. The van der Waals surface area contributed by atoms with E-state index in [1.54, 1.807) is 13.3 Å². The molecular weight excluding hydrogens is 456 g/mol. The van der Waals surface area contributed by atoms with Gasteiger partial charge >= 0.3 is 0 Å². The van der Waals surface area contributed by atoms with Gasteiger partial charge in [0.2, 0.25) is 0 Å². The van der Waals surface area contributed by atoms with Gasteiger partial charge in [0, 0.05) is 36.0 Å². The first-order valence-corrected chi connectivity index (χ1v) is 11.3. The highest BCUT2D eigenvalue weighted by Gasteiger charge is 2.19. The molecule has 2 aromatic carbocycles. The van der Waals surface area contributed by atoms with Crippen LogP contribution in [-0.2, 0) is 13.1 Å². The predicted molar refractivity (Wildman–Crippen MR) is 137 cm³/mol. The van der Waals surface area contributed by atoms with Crippen molar-refractivity contribution in [3.05, 3.63) is 95.1 Å². The molecule has 0 radical (unpaired) electrons. The van der Waals surface area contributed by atoms with Gasteiger partial charge in [0.1, 0.15) is 17.1 Å². The van der Waals surface area contributed by atoms with Gasteiger partial charge in [0.15, 0.2) is 5.82 Å². The Labute approximate surface area is 205 Å². The van der Waals surface area contributed by atoms with Crippen molar-refractivity contribution < 1.29 is 4.74 Å². The van der Waals surface area contributed by atoms with E-state index in [0.29, 0.717) is 23.7 Å². The average molecular weight is 479 g/mol. The Morgan fingerprint density at radius 1 is 1.00 bits per heavy atom. The molecule has 0 saturated carbocycles. The van der Waals surface area contributed by atoms with Crippen LogP contribution < -0.4 is 16.0 Å². The number of fused-ring (bicyclic) bond motifs is 3. The fourth-order valence-corrected chi connectivity index (χ4v) is 4.40. The number of aromatic amines is 1. The summed E-state index contributed by atoms with van der Waals surface area (Å²) in [7, 11) is 1.64. The summed E-state index contributed by atoms with van der Waals surface area (Å²) in [4.78, 5) is 26.0. The number of hydrogen-bond donors (Lipinski definition) is 2. The van der Waals surface area contributed by atoms with Crippen LogP contribution in [0, 0.1) is 0 Å². The zero-order valence-corrected chi connectivity index (χ0v) is 19.4. The van der Waals surface area contributed by atoms with Crippen LogP contribution in [0.1, 0.15) is 11.4 Å². The number of nitrogens with one attached hydrogen (secondary N) is 1. The first-order valence-electron chi connectivity index (χ1n) is 11.3. The van der Waals surface area contributed by atoms with Crippen LogP contribution in [0.2, 0.25) is 0 Å². The minimum Gasteiger partial charge on any atom is -0.497 e. The SMILES string of the molecule is COc1ccc(Cn2c(Cn3cnccc3=O)nc3c(N)nc4cc(-c5ccn[nH]5)ccc4c32)cc1. The molecule has 0 spiro atoms. The fourth-order valence-electron chi connectivity index (χ4n) is 4.40. The van der Waals surface area contributed by atoms with Crippen LogP contribution >= 0.6 is 0 Å². The van der Waals surface area contributed by atoms with Gasteiger partial charge in [-0.15, -0.1) is 0 Å². The van der Waals surface area contributed by atoms with Crippen LogP contribution in [-0.4, -0.2) is 41.4 Å². The van der Waals surface area contributed by atoms with E-state index in [2.05, 4.69) is 24.7 Å². The number of hydrogen-bond acceptors (Lipinski definition) is 7. The number of aromatic nitrogens is 7. The van der Waals surface area contributed by atoms with Crippen molar-refractivity contribution in [2.75, 3.05) is 12.8 Å². The molecule has 0 aliphatic carbocycles. The van der Waals surface area contributed by atoms with Gasteiger partial charge in [-0.2, -0.15) is 5.10 Å². The van der Waals surface area contributed by atoms with Gasteiger partial charge in [0.25, 0.3) is 5.56 Å². The first-order chi connectivity index (χ1) is 17.6. The fraction of sp³-hybridized carbons (Fsp3) is 0.115. The van der Waals surface area contributed by atoms with E-state index in [0.717, 1.165) is 39.0 Å². The maximum atomic E-state index is 12.4. The molecule has 6 rings (SSSR count). The van der Waals surface area contributed by atoms with E-state index in [-0.39, 0.29) is 12.1 Å². The number of benzene rings is 2. The highest BCUT2D eigenvalue weighted by molar-refractivity contribution is 6.07. The lowest BCUT2D eigenvalue weighted by Gasteiger charge is -2.13. The van der Waals surface area contributed by atoms with E-state index < -0.39 is 0 Å². The smallest absolute Gasteiger partial charge is 0.253 e. The highest BCUT2D eigenvalue weighted by Crippen LogP contribution is 2.32. The van der Waals surface area contributed by atoms with Crippen molar-refractivity contribution in [2.24, 2.45) is 0 Å². The number of pyridine rings is 1. The number of anilines is 1. The molecule has 0 unspecified atom stereocenters. The van der Waals surface area contributed by atoms with E-state index in [1.807, 2.05) is 48.5 Å². The lowest BCUT2D eigenvalue weighted by atomic mass is 10.1. The van der Waals surface area contributed by atoms with Gasteiger partial charge < -0.3 is 15.0 Å². The third-order valence-corrected chi connectivity index (χ3v) is 6.20. The highest BCUT2D eigenvalue weighted by atomic mass is 16.5. The van der Waals surface area contributed by atoms with Crippen molar-refractivity contribution in [1.82, 2.24) is 34.3 Å². The number of nitrogens with zero attached hydrogens (tertiary/aromatic N) is 6.